The van der Waals surface area contributed by atoms with Crippen LogP contribution in [0.4, 0.5) is 0 Å². The number of pyridine rings is 1. The number of nitrogens with one attached hydrogen (secondary N) is 2. The largest absolute Gasteiger partial charge is 0.352 e. The van der Waals surface area contributed by atoms with E-state index in [0.717, 1.165) is 49.9 Å². The maximum Gasteiger partial charge on any atom is 0.251 e. The maximum absolute atomic E-state index is 12.7. The molecule has 2 aromatic rings. The third-order valence-corrected chi connectivity index (χ3v) is 5.37. The lowest BCUT2D eigenvalue weighted by Gasteiger charge is -2.31. The molecule has 1 aliphatic carbocycles. The van der Waals surface area contributed by atoms with Crippen molar-refractivity contribution >= 4 is 11.8 Å². The average molecular weight is 378 g/mol. The lowest BCUT2D eigenvalue weighted by atomic mass is 10.0. The number of benzene rings is 1. The van der Waals surface area contributed by atoms with Crippen LogP contribution < -0.4 is 10.6 Å². The minimum Gasteiger partial charge on any atom is -0.352 e. The van der Waals surface area contributed by atoms with Gasteiger partial charge in [-0.15, -0.1) is 0 Å². The van der Waals surface area contributed by atoms with Gasteiger partial charge < -0.3 is 10.6 Å². The number of carbonyl (C=O) groups is 2. The summed E-state index contributed by atoms with van der Waals surface area (Å²) in [7, 11) is 0. The van der Waals surface area contributed by atoms with Gasteiger partial charge in [-0.2, -0.15) is 0 Å². The lowest BCUT2D eigenvalue weighted by Crippen LogP contribution is -2.47. The Labute approximate surface area is 165 Å². The average Bonchev–Trinajstić information content (AvgIpc) is 3.54. The van der Waals surface area contributed by atoms with Crippen LogP contribution in [0.3, 0.4) is 0 Å². The molecule has 2 aliphatic rings. The summed E-state index contributed by atoms with van der Waals surface area (Å²) in [6, 6.07) is 12.1. The zero-order valence-corrected chi connectivity index (χ0v) is 15.9. The zero-order chi connectivity index (χ0) is 19.3. The van der Waals surface area contributed by atoms with Crippen LogP contribution >= 0.6 is 0 Å². The number of rotatable bonds is 6. The van der Waals surface area contributed by atoms with E-state index in [2.05, 4.69) is 20.5 Å². The molecule has 0 unspecified atom stereocenters. The molecule has 2 N–H and O–H groups in total. The Morgan fingerprint density at radius 2 is 1.64 bits per heavy atom. The van der Waals surface area contributed by atoms with Gasteiger partial charge in [0, 0.05) is 43.1 Å². The predicted octanol–water partition coefficient (Wildman–Crippen LogP) is 2.22. The number of aromatic nitrogens is 1. The van der Waals surface area contributed by atoms with Gasteiger partial charge in [-0.3, -0.25) is 19.5 Å². The SMILES string of the molecule is O=C(CN1CCC(NC(=O)c2cccc(-c3ccncc3)c2)CC1)NC1CC1. The topological polar surface area (TPSA) is 74.3 Å². The highest BCUT2D eigenvalue weighted by atomic mass is 16.2. The van der Waals surface area contributed by atoms with E-state index in [-0.39, 0.29) is 17.9 Å². The summed E-state index contributed by atoms with van der Waals surface area (Å²) in [5, 5.41) is 6.18. The predicted molar refractivity (Wildman–Crippen MR) is 108 cm³/mol. The van der Waals surface area contributed by atoms with Crippen molar-refractivity contribution in [2.24, 2.45) is 0 Å². The van der Waals surface area contributed by atoms with E-state index >= 15 is 0 Å². The maximum atomic E-state index is 12.7. The second-order valence-corrected chi connectivity index (χ2v) is 7.68. The van der Waals surface area contributed by atoms with E-state index in [4.69, 9.17) is 0 Å². The molecule has 0 bridgehead atoms. The van der Waals surface area contributed by atoms with Crippen molar-refractivity contribution in [3.05, 3.63) is 54.4 Å². The van der Waals surface area contributed by atoms with Crippen molar-refractivity contribution in [1.82, 2.24) is 20.5 Å². The van der Waals surface area contributed by atoms with Gasteiger partial charge >= 0.3 is 0 Å². The fourth-order valence-corrected chi connectivity index (χ4v) is 3.59. The molecule has 1 saturated carbocycles. The van der Waals surface area contributed by atoms with Gasteiger partial charge in [-0.25, -0.2) is 0 Å². The van der Waals surface area contributed by atoms with Crippen LogP contribution in [0.15, 0.2) is 48.8 Å². The summed E-state index contributed by atoms with van der Waals surface area (Å²) < 4.78 is 0. The van der Waals surface area contributed by atoms with Crippen LogP contribution in [0.2, 0.25) is 0 Å². The first-order valence-electron chi connectivity index (χ1n) is 10.0. The fourth-order valence-electron chi connectivity index (χ4n) is 3.59. The minimum atomic E-state index is -0.0409. The van der Waals surface area contributed by atoms with Crippen LogP contribution in [0, 0.1) is 0 Å². The van der Waals surface area contributed by atoms with Crippen LogP contribution in [-0.4, -0.2) is 53.4 Å². The molecule has 1 aromatic carbocycles. The van der Waals surface area contributed by atoms with Gasteiger partial charge in [0.25, 0.3) is 5.91 Å². The van der Waals surface area contributed by atoms with Crippen LogP contribution in [0.5, 0.6) is 0 Å². The highest BCUT2D eigenvalue weighted by Gasteiger charge is 2.26. The van der Waals surface area contributed by atoms with Crippen molar-refractivity contribution < 1.29 is 9.59 Å². The van der Waals surface area contributed by atoms with E-state index in [1.807, 2.05) is 36.4 Å². The standard InChI is InChI=1S/C22H26N4O2/c27-21(24-19-4-5-19)15-26-12-8-20(9-13-26)25-22(28)18-3-1-2-17(14-18)16-6-10-23-11-7-16/h1-3,6-7,10-11,14,19-20H,4-5,8-9,12-13,15H2,(H,24,27)(H,25,28). The molecule has 2 fully saturated rings. The zero-order valence-electron chi connectivity index (χ0n) is 15.9. The number of hydrogen-bond donors (Lipinski definition) is 2. The Morgan fingerprint density at radius 1 is 0.929 bits per heavy atom. The number of piperidine rings is 1. The quantitative estimate of drug-likeness (QED) is 0.808. The van der Waals surface area contributed by atoms with Gasteiger partial charge in [-0.05, 0) is 61.1 Å². The minimum absolute atomic E-state index is 0.0409. The van der Waals surface area contributed by atoms with Crippen molar-refractivity contribution in [2.75, 3.05) is 19.6 Å². The molecular weight excluding hydrogens is 352 g/mol. The van der Waals surface area contributed by atoms with E-state index in [1.165, 1.54) is 0 Å². The molecule has 0 spiro atoms. The summed E-state index contributed by atoms with van der Waals surface area (Å²) in [5.41, 5.74) is 2.72. The highest BCUT2D eigenvalue weighted by molar-refractivity contribution is 5.95. The van der Waals surface area contributed by atoms with Crippen LogP contribution in [-0.2, 0) is 4.79 Å². The molecule has 146 valence electrons. The summed E-state index contributed by atoms with van der Waals surface area (Å²) in [4.78, 5) is 30.8. The molecule has 4 rings (SSSR count). The molecule has 2 heterocycles. The summed E-state index contributed by atoms with van der Waals surface area (Å²) in [6.07, 6.45) is 7.46. The third-order valence-electron chi connectivity index (χ3n) is 5.37. The van der Waals surface area contributed by atoms with Gasteiger partial charge in [-0.1, -0.05) is 12.1 Å². The third kappa shape index (κ3) is 4.95. The molecule has 6 nitrogen and oxygen atoms in total. The van der Waals surface area contributed by atoms with E-state index < -0.39 is 0 Å². The molecule has 28 heavy (non-hydrogen) atoms. The van der Waals surface area contributed by atoms with Crippen LogP contribution in [0.1, 0.15) is 36.0 Å². The van der Waals surface area contributed by atoms with Crippen molar-refractivity contribution in [3.63, 3.8) is 0 Å². The molecular formula is C22H26N4O2. The first-order valence-corrected chi connectivity index (χ1v) is 10.0. The summed E-state index contributed by atoms with van der Waals surface area (Å²) >= 11 is 0. The van der Waals surface area contributed by atoms with Crippen molar-refractivity contribution in [2.45, 2.75) is 37.8 Å². The van der Waals surface area contributed by atoms with Gasteiger partial charge in [0.1, 0.15) is 0 Å². The Bertz CT molecular complexity index is 827. The van der Waals surface area contributed by atoms with E-state index in [9.17, 15) is 9.59 Å². The van der Waals surface area contributed by atoms with Crippen molar-refractivity contribution in [3.8, 4) is 11.1 Å². The van der Waals surface area contributed by atoms with Gasteiger partial charge in [0.15, 0.2) is 0 Å². The lowest BCUT2D eigenvalue weighted by molar-refractivity contribution is -0.122. The van der Waals surface area contributed by atoms with Crippen LogP contribution in [0.25, 0.3) is 11.1 Å². The molecule has 6 heteroatoms. The molecule has 0 radical (unpaired) electrons. The molecule has 2 amide bonds. The first-order chi connectivity index (χ1) is 13.7. The Morgan fingerprint density at radius 3 is 2.36 bits per heavy atom. The second kappa shape index (κ2) is 8.52. The number of amides is 2. The molecule has 1 aliphatic heterocycles. The normalized spacial score (nSPS) is 17.9. The molecule has 0 atom stereocenters. The van der Waals surface area contributed by atoms with Gasteiger partial charge in [0.05, 0.1) is 6.54 Å². The highest BCUT2D eigenvalue weighted by Crippen LogP contribution is 2.20. The van der Waals surface area contributed by atoms with Crippen molar-refractivity contribution in [1.29, 1.82) is 0 Å². The summed E-state index contributed by atoms with van der Waals surface area (Å²) in [5.74, 6) is 0.0822. The summed E-state index contributed by atoms with van der Waals surface area (Å²) in [6.45, 7) is 2.13. The number of nitrogens with zero attached hydrogens (tertiary/aromatic N) is 2. The first kappa shape index (κ1) is 18.6. The Hall–Kier alpha value is -2.73. The smallest absolute Gasteiger partial charge is 0.251 e. The molecule has 1 saturated heterocycles. The van der Waals surface area contributed by atoms with E-state index in [1.54, 1.807) is 12.4 Å². The number of likely N-dealkylation sites (tertiary alicyclic amines) is 1. The van der Waals surface area contributed by atoms with Gasteiger partial charge in [0.2, 0.25) is 5.91 Å². The fraction of sp³-hybridized carbons (Fsp3) is 0.409. The molecule has 1 aromatic heterocycles. The Balaban J connectivity index is 1.28. The number of hydrogen-bond acceptors (Lipinski definition) is 4. The van der Waals surface area contributed by atoms with E-state index in [0.29, 0.717) is 18.2 Å². The number of carbonyl (C=O) groups excluding carboxylic acids is 2. The second-order valence-electron chi connectivity index (χ2n) is 7.68. The Kier molecular flexibility index (Phi) is 5.67. The monoisotopic (exact) mass is 378 g/mol.